The summed E-state index contributed by atoms with van der Waals surface area (Å²) in [6.45, 7) is 0. The summed E-state index contributed by atoms with van der Waals surface area (Å²) in [5.74, 6) is -0.395. The summed E-state index contributed by atoms with van der Waals surface area (Å²) < 4.78 is 6.53. The molecule has 154 valence electrons. The predicted octanol–water partition coefficient (Wildman–Crippen LogP) is 3.43. The SMILES string of the molecule is COc1ccc(-n2c(=O)c(C(O)=C3C(=O)CCCC3O)nc3c(Cl)cccc32)cc1. The Balaban J connectivity index is 2.05. The van der Waals surface area contributed by atoms with E-state index in [1.54, 1.807) is 42.5 Å². The van der Waals surface area contributed by atoms with Gasteiger partial charge in [-0.3, -0.25) is 14.2 Å². The first-order valence-electron chi connectivity index (χ1n) is 9.43. The van der Waals surface area contributed by atoms with Crippen LogP contribution in [0.4, 0.5) is 0 Å². The Kier molecular flexibility index (Phi) is 5.32. The molecule has 8 heteroatoms. The fourth-order valence-corrected chi connectivity index (χ4v) is 3.86. The molecule has 0 spiro atoms. The number of aliphatic hydroxyl groups is 2. The molecule has 1 aromatic heterocycles. The Morgan fingerprint density at radius 3 is 2.60 bits per heavy atom. The highest BCUT2D eigenvalue weighted by Crippen LogP contribution is 2.29. The summed E-state index contributed by atoms with van der Waals surface area (Å²) in [7, 11) is 1.54. The van der Waals surface area contributed by atoms with E-state index in [-0.39, 0.29) is 28.2 Å². The molecule has 7 nitrogen and oxygen atoms in total. The molecule has 0 saturated heterocycles. The van der Waals surface area contributed by atoms with Crippen LogP contribution in [0.2, 0.25) is 5.02 Å². The minimum Gasteiger partial charge on any atom is -0.505 e. The molecule has 3 aromatic rings. The topological polar surface area (TPSA) is 102 Å². The Hall–Kier alpha value is -3.16. The third kappa shape index (κ3) is 3.36. The summed E-state index contributed by atoms with van der Waals surface area (Å²) in [6, 6.07) is 11.8. The van der Waals surface area contributed by atoms with Gasteiger partial charge in [0.25, 0.3) is 5.56 Å². The second kappa shape index (κ2) is 7.93. The lowest BCUT2D eigenvalue weighted by molar-refractivity contribution is -0.117. The number of fused-ring (bicyclic) bond motifs is 1. The zero-order valence-electron chi connectivity index (χ0n) is 16.1. The van der Waals surface area contributed by atoms with Crippen molar-refractivity contribution in [3.63, 3.8) is 0 Å². The molecule has 1 heterocycles. The van der Waals surface area contributed by atoms with Crippen LogP contribution in [0.3, 0.4) is 0 Å². The number of methoxy groups -OCH3 is 1. The lowest BCUT2D eigenvalue weighted by Crippen LogP contribution is -2.29. The number of para-hydroxylation sites is 1. The molecule has 1 aliphatic carbocycles. The number of hydrogen-bond donors (Lipinski definition) is 2. The Labute approximate surface area is 176 Å². The lowest BCUT2D eigenvalue weighted by Gasteiger charge is -2.21. The number of hydrogen-bond acceptors (Lipinski definition) is 6. The molecule has 1 atom stereocenters. The van der Waals surface area contributed by atoms with Gasteiger partial charge in [-0.15, -0.1) is 0 Å². The van der Waals surface area contributed by atoms with Crippen molar-refractivity contribution in [2.45, 2.75) is 25.4 Å². The second-order valence-electron chi connectivity index (χ2n) is 7.00. The number of ketones is 1. The highest BCUT2D eigenvalue weighted by molar-refractivity contribution is 6.34. The zero-order valence-corrected chi connectivity index (χ0v) is 16.9. The number of nitrogens with zero attached hydrogens (tertiary/aromatic N) is 2. The monoisotopic (exact) mass is 426 g/mol. The van der Waals surface area contributed by atoms with E-state index in [0.29, 0.717) is 29.8 Å². The van der Waals surface area contributed by atoms with E-state index in [9.17, 15) is 19.8 Å². The van der Waals surface area contributed by atoms with Crippen molar-refractivity contribution in [3.8, 4) is 11.4 Å². The molecular weight excluding hydrogens is 408 g/mol. The molecule has 0 bridgehead atoms. The van der Waals surface area contributed by atoms with Gasteiger partial charge in [-0.05, 0) is 49.2 Å². The van der Waals surface area contributed by atoms with E-state index in [1.165, 1.54) is 11.7 Å². The van der Waals surface area contributed by atoms with Gasteiger partial charge in [0.1, 0.15) is 11.3 Å². The molecule has 30 heavy (non-hydrogen) atoms. The van der Waals surface area contributed by atoms with Crippen LogP contribution in [0.1, 0.15) is 25.0 Å². The molecule has 2 N–H and O–H groups in total. The minimum absolute atomic E-state index is 0.182. The van der Waals surface area contributed by atoms with E-state index < -0.39 is 23.2 Å². The highest BCUT2D eigenvalue weighted by Gasteiger charge is 2.30. The number of carbonyl (C=O) groups is 1. The van der Waals surface area contributed by atoms with Crippen LogP contribution in [0.15, 0.2) is 52.8 Å². The molecule has 0 aliphatic heterocycles. The van der Waals surface area contributed by atoms with Crippen molar-refractivity contribution in [3.05, 3.63) is 69.1 Å². The standard InChI is InChI=1S/C22H19ClN2O5/c1-30-13-10-8-12(9-11-13)25-15-5-2-4-14(23)19(15)24-20(22(25)29)21(28)18-16(26)6-3-7-17(18)27/h2,4-5,8-11,16,26,28H,3,6-7H2,1H3. The Morgan fingerprint density at radius 1 is 1.20 bits per heavy atom. The summed E-state index contributed by atoms with van der Waals surface area (Å²) in [6.07, 6.45) is -0.114. The summed E-state index contributed by atoms with van der Waals surface area (Å²) in [5, 5.41) is 21.4. The third-order valence-electron chi connectivity index (χ3n) is 5.16. The Bertz CT molecular complexity index is 1230. The van der Waals surface area contributed by atoms with Crippen LogP contribution in [0.5, 0.6) is 5.75 Å². The van der Waals surface area contributed by atoms with E-state index in [0.717, 1.165) is 0 Å². The van der Waals surface area contributed by atoms with Gasteiger partial charge in [-0.2, -0.15) is 0 Å². The summed E-state index contributed by atoms with van der Waals surface area (Å²) >= 11 is 6.32. The van der Waals surface area contributed by atoms with Crippen molar-refractivity contribution in [1.82, 2.24) is 9.55 Å². The van der Waals surface area contributed by atoms with Gasteiger partial charge in [0, 0.05) is 12.1 Å². The van der Waals surface area contributed by atoms with Crippen LogP contribution >= 0.6 is 11.6 Å². The lowest BCUT2D eigenvalue weighted by atomic mass is 9.89. The summed E-state index contributed by atoms with van der Waals surface area (Å²) in [5.41, 5.74) is 0.0778. The largest absolute Gasteiger partial charge is 0.505 e. The molecule has 1 saturated carbocycles. The number of benzene rings is 2. The third-order valence-corrected chi connectivity index (χ3v) is 5.47. The van der Waals surface area contributed by atoms with Crippen molar-refractivity contribution >= 4 is 34.2 Å². The van der Waals surface area contributed by atoms with Crippen LogP contribution in [0.25, 0.3) is 22.5 Å². The normalized spacial score (nSPS) is 18.5. The number of aliphatic hydroxyl groups excluding tert-OH is 2. The molecule has 4 rings (SSSR count). The fraction of sp³-hybridized carbons (Fsp3) is 0.227. The highest BCUT2D eigenvalue weighted by atomic mass is 35.5. The molecular formula is C22H19ClN2O5. The van der Waals surface area contributed by atoms with Gasteiger partial charge in [0.15, 0.2) is 17.2 Å². The first kappa shape index (κ1) is 20.1. The average Bonchev–Trinajstić information content (AvgIpc) is 2.73. The summed E-state index contributed by atoms with van der Waals surface area (Å²) in [4.78, 5) is 30.0. The maximum atomic E-state index is 13.4. The van der Waals surface area contributed by atoms with Crippen molar-refractivity contribution in [2.24, 2.45) is 0 Å². The molecule has 0 radical (unpaired) electrons. The molecule has 0 amide bonds. The molecule has 1 fully saturated rings. The van der Waals surface area contributed by atoms with Gasteiger partial charge in [0.05, 0.1) is 29.3 Å². The molecule has 1 aliphatic rings. The van der Waals surface area contributed by atoms with Gasteiger partial charge in [0.2, 0.25) is 0 Å². The van der Waals surface area contributed by atoms with Crippen LogP contribution in [-0.4, -0.2) is 38.8 Å². The van der Waals surface area contributed by atoms with Crippen molar-refractivity contribution < 1.29 is 19.7 Å². The predicted molar refractivity (Wildman–Crippen MR) is 113 cm³/mol. The molecule has 1 unspecified atom stereocenters. The van der Waals surface area contributed by atoms with Gasteiger partial charge in [-0.25, -0.2) is 4.98 Å². The van der Waals surface area contributed by atoms with Crippen molar-refractivity contribution in [2.75, 3.05) is 7.11 Å². The first-order valence-corrected chi connectivity index (χ1v) is 9.80. The second-order valence-corrected chi connectivity index (χ2v) is 7.41. The van der Waals surface area contributed by atoms with Crippen LogP contribution < -0.4 is 10.3 Å². The van der Waals surface area contributed by atoms with E-state index in [4.69, 9.17) is 16.3 Å². The maximum Gasteiger partial charge on any atom is 0.285 e. The quantitative estimate of drug-likeness (QED) is 0.491. The zero-order chi connectivity index (χ0) is 21.4. The number of ether oxygens (including phenoxy) is 1. The van der Waals surface area contributed by atoms with Crippen molar-refractivity contribution in [1.29, 1.82) is 0 Å². The van der Waals surface area contributed by atoms with Gasteiger partial charge in [-0.1, -0.05) is 17.7 Å². The smallest absolute Gasteiger partial charge is 0.285 e. The van der Waals surface area contributed by atoms with Crippen LogP contribution in [0, 0.1) is 0 Å². The number of carbonyl (C=O) groups excluding carboxylic acids is 1. The van der Waals surface area contributed by atoms with E-state index >= 15 is 0 Å². The van der Waals surface area contributed by atoms with E-state index in [1.807, 2.05) is 0 Å². The number of rotatable bonds is 3. The van der Waals surface area contributed by atoms with Gasteiger partial charge < -0.3 is 14.9 Å². The van der Waals surface area contributed by atoms with Crippen LogP contribution in [-0.2, 0) is 4.79 Å². The van der Waals surface area contributed by atoms with Gasteiger partial charge >= 0.3 is 0 Å². The minimum atomic E-state index is -1.15. The fourth-order valence-electron chi connectivity index (χ4n) is 3.65. The number of aromatic nitrogens is 2. The molecule has 2 aromatic carbocycles. The van der Waals surface area contributed by atoms with E-state index in [2.05, 4.69) is 4.98 Å². The maximum absolute atomic E-state index is 13.4. The number of halogens is 1. The average molecular weight is 427 g/mol. The first-order chi connectivity index (χ1) is 14.4. The number of Topliss-reactive ketones (excluding diaryl/α,β-unsaturated/α-hetero) is 1. The Morgan fingerprint density at radius 2 is 1.93 bits per heavy atom.